The molecule has 46 heavy (non-hydrogen) atoms. The summed E-state index contributed by atoms with van der Waals surface area (Å²) in [6, 6.07) is 11.9. The van der Waals surface area contributed by atoms with Crippen molar-refractivity contribution in [2.45, 2.75) is 98.6 Å². The molecule has 2 aliphatic carbocycles. The van der Waals surface area contributed by atoms with Crippen LogP contribution >= 0.6 is 11.6 Å². The maximum Gasteiger partial charge on any atom is 0.168 e. The zero-order valence-electron chi connectivity index (χ0n) is 28.1. The second-order valence-electron chi connectivity index (χ2n) is 13.0. The molecule has 1 saturated carbocycles. The Morgan fingerprint density at radius 1 is 1.13 bits per heavy atom. The number of halogens is 1. The second-order valence-corrected chi connectivity index (χ2v) is 13.5. The Kier molecular flexibility index (Phi) is 11.3. The molecule has 0 saturated heterocycles. The predicted molar refractivity (Wildman–Crippen MR) is 184 cm³/mol. The Morgan fingerprint density at radius 3 is 2.37 bits per heavy atom. The van der Waals surface area contributed by atoms with Crippen LogP contribution in [0.5, 0.6) is 0 Å². The molecule has 9 heteroatoms. The van der Waals surface area contributed by atoms with Crippen molar-refractivity contribution in [3.05, 3.63) is 98.8 Å². The van der Waals surface area contributed by atoms with Gasteiger partial charge in [-0.05, 0) is 98.2 Å². The molecular formula is C37H47ClN4O4. The van der Waals surface area contributed by atoms with Crippen molar-refractivity contribution in [2.24, 2.45) is 10.6 Å². The van der Waals surface area contributed by atoms with Crippen LogP contribution < -0.4 is 0 Å². The van der Waals surface area contributed by atoms with Gasteiger partial charge < -0.3 is 15.1 Å². The van der Waals surface area contributed by atoms with Crippen LogP contribution in [0, 0.1) is 26.2 Å². The number of oxime groups is 1. The molecule has 0 aliphatic heterocycles. The first-order valence-corrected chi connectivity index (χ1v) is 16.4. The zero-order chi connectivity index (χ0) is 33.6. The van der Waals surface area contributed by atoms with Crippen molar-refractivity contribution in [1.29, 1.82) is 0 Å². The van der Waals surface area contributed by atoms with E-state index in [0.717, 1.165) is 24.0 Å². The molecule has 1 fully saturated rings. The number of aliphatic hydroxyl groups excluding tert-OH is 1. The molecule has 246 valence electrons. The third-order valence-corrected chi connectivity index (χ3v) is 9.50. The molecule has 3 aromatic rings. The first kappa shape index (κ1) is 35.1. The lowest BCUT2D eigenvalue weighted by Gasteiger charge is -2.37. The molecule has 1 heterocycles. The molecule has 5 rings (SSSR count). The number of aryl methyl sites for hydroxylation is 3. The number of aliphatic hydroxyl groups is 2. The summed E-state index contributed by atoms with van der Waals surface area (Å²) in [5, 5.41) is 30.8. The molecule has 2 N–H and O–H groups in total. The first-order chi connectivity index (χ1) is 21.8. The fourth-order valence-corrected chi connectivity index (χ4v) is 6.93. The van der Waals surface area contributed by atoms with E-state index in [9.17, 15) is 15.0 Å². The summed E-state index contributed by atoms with van der Waals surface area (Å²) in [7, 11) is 0. The minimum Gasteiger partial charge on any atom is -0.511 e. The molecule has 0 bridgehead atoms. The van der Waals surface area contributed by atoms with Crippen LogP contribution in [-0.4, -0.2) is 48.7 Å². The fraction of sp³-hybridized carbons (Fsp3) is 0.459. The molecule has 2 aliphatic rings. The number of rotatable bonds is 8. The van der Waals surface area contributed by atoms with Gasteiger partial charge in [0.05, 0.1) is 17.8 Å². The van der Waals surface area contributed by atoms with E-state index in [1.165, 1.54) is 28.6 Å². The molecular weight excluding hydrogens is 600 g/mol. The van der Waals surface area contributed by atoms with Crippen molar-refractivity contribution >= 4 is 29.2 Å². The summed E-state index contributed by atoms with van der Waals surface area (Å²) in [6.45, 7) is 15.0. The third-order valence-electron chi connectivity index (χ3n) is 9.25. The van der Waals surface area contributed by atoms with E-state index in [2.05, 4.69) is 68.1 Å². The van der Waals surface area contributed by atoms with Crippen molar-refractivity contribution in [3.63, 3.8) is 0 Å². The van der Waals surface area contributed by atoms with Crippen LogP contribution in [0.4, 0.5) is 0 Å². The molecule has 0 radical (unpaired) electrons. The van der Waals surface area contributed by atoms with E-state index in [0.29, 0.717) is 48.7 Å². The largest absolute Gasteiger partial charge is 0.511 e. The lowest BCUT2D eigenvalue weighted by molar-refractivity contribution is -0.116. The smallest absolute Gasteiger partial charge is 0.168 e. The molecule has 2 unspecified atom stereocenters. The number of Topliss-reactive ketones (excluding diaryl/α,β-unsaturated/α-hetero) is 1. The van der Waals surface area contributed by atoms with Crippen molar-refractivity contribution in [1.82, 2.24) is 14.8 Å². The lowest BCUT2D eigenvalue weighted by Crippen LogP contribution is -2.45. The van der Waals surface area contributed by atoms with Crippen LogP contribution in [0.3, 0.4) is 0 Å². The highest BCUT2D eigenvalue weighted by Crippen LogP contribution is 2.50. The quantitative estimate of drug-likeness (QED) is 0.188. The van der Waals surface area contributed by atoms with Crippen molar-refractivity contribution < 1.29 is 19.8 Å². The average Bonchev–Trinajstić information content (AvgIpc) is 3.57. The number of carbonyl (C=O) groups is 1. The van der Waals surface area contributed by atoms with Crippen LogP contribution in [0.25, 0.3) is 6.08 Å². The van der Waals surface area contributed by atoms with Crippen LogP contribution in [-0.2, 0) is 16.2 Å². The number of hydrogen-bond acceptors (Lipinski definition) is 7. The van der Waals surface area contributed by atoms with Gasteiger partial charge in [-0.3, -0.25) is 4.79 Å². The zero-order valence-corrected chi connectivity index (χ0v) is 28.9. The maximum atomic E-state index is 12.7. The lowest BCUT2D eigenvalue weighted by atomic mass is 9.76. The summed E-state index contributed by atoms with van der Waals surface area (Å²) in [6.07, 6.45) is 8.45. The topological polar surface area (TPSA) is 110 Å². The SMILES string of the molecule is CC1(C)CC/C(=C\c2ccc(Cl)cc2)C1(O)Cn1cncn1.CCO/N=C(\CC)C1=C(O)CC(c2c(C)cc(C)cc2C)CC1=O. The van der Waals surface area contributed by atoms with Gasteiger partial charge in [-0.15, -0.1) is 0 Å². The van der Waals surface area contributed by atoms with Gasteiger partial charge in [0.2, 0.25) is 0 Å². The fourth-order valence-electron chi connectivity index (χ4n) is 6.80. The van der Waals surface area contributed by atoms with Gasteiger partial charge in [-0.2, -0.15) is 5.10 Å². The first-order valence-electron chi connectivity index (χ1n) is 16.0. The van der Waals surface area contributed by atoms with E-state index in [1.807, 2.05) is 38.1 Å². The van der Waals surface area contributed by atoms with Crippen LogP contribution in [0.2, 0.25) is 5.02 Å². The second kappa shape index (κ2) is 14.8. The van der Waals surface area contributed by atoms with Gasteiger partial charge in [0.15, 0.2) is 5.78 Å². The Morgan fingerprint density at radius 2 is 1.80 bits per heavy atom. The monoisotopic (exact) mass is 646 g/mol. The number of carbonyl (C=O) groups excluding carboxylic acids is 1. The molecule has 0 spiro atoms. The Bertz CT molecular complexity index is 1600. The number of hydrogen-bond donors (Lipinski definition) is 2. The van der Waals surface area contributed by atoms with Gasteiger partial charge in [-0.1, -0.05) is 73.4 Å². The molecule has 0 amide bonds. The number of benzene rings is 2. The number of ketones is 1. The molecule has 8 nitrogen and oxygen atoms in total. The Hall–Kier alpha value is -3.75. The van der Waals surface area contributed by atoms with Gasteiger partial charge in [0, 0.05) is 17.9 Å². The van der Waals surface area contributed by atoms with Crippen LogP contribution in [0.1, 0.15) is 93.5 Å². The summed E-state index contributed by atoms with van der Waals surface area (Å²) >= 11 is 5.94. The van der Waals surface area contributed by atoms with Gasteiger partial charge in [0.1, 0.15) is 30.6 Å². The summed E-state index contributed by atoms with van der Waals surface area (Å²) in [5.41, 5.74) is 6.59. The highest BCUT2D eigenvalue weighted by atomic mass is 35.5. The molecule has 1 aromatic heterocycles. The van der Waals surface area contributed by atoms with Crippen LogP contribution in [0.15, 0.2) is 71.1 Å². The summed E-state index contributed by atoms with van der Waals surface area (Å²) in [5.74, 6) is 0.103. The highest BCUT2D eigenvalue weighted by Gasteiger charge is 2.51. The standard InChI is InChI=1S/C20H27NO3.C17H20ClN3O/c1-6-16(21-24-7-2)20-17(22)10-15(11-18(20)23)19-13(4)8-12(3)9-14(19)5;1-16(2)8-7-14(9-13-3-5-15(18)6-4-13)17(16,22)10-21-12-19-11-20-21/h8-9,15,22H,6-7,10-11H2,1-5H3;3-6,9,11-12,22H,7-8,10H2,1-2H3/b21-16+;14-9+. The summed E-state index contributed by atoms with van der Waals surface area (Å²) < 4.78 is 1.70. The molecule has 2 atom stereocenters. The summed E-state index contributed by atoms with van der Waals surface area (Å²) in [4.78, 5) is 21.7. The third kappa shape index (κ3) is 7.78. The number of allylic oxidation sites excluding steroid dienone is 2. The van der Waals surface area contributed by atoms with E-state index < -0.39 is 5.60 Å². The maximum absolute atomic E-state index is 12.7. The van der Waals surface area contributed by atoms with E-state index >= 15 is 0 Å². The predicted octanol–water partition coefficient (Wildman–Crippen LogP) is 8.24. The van der Waals surface area contributed by atoms with Crippen molar-refractivity contribution in [2.75, 3.05) is 6.61 Å². The molecule has 2 aromatic carbocycles. The highest BCUT2D eigenvalue weighted by molar-refractivity contribution is 6.30. The minimum absolute atomic E-state index is 0.0204. The van der Waals surface area contributed by atoms with Gasteiger partial charge in [0.25, 0.3) is 0 Å². The average molecular weight is 647 g/mol. The Balaban J connectivity index is 0.000000209. The van der Waals surface area contributed by atoms with Gasteiger partial charge >= 0.3 is 0 Å². The van der Waals surface area contributed by atoms with E-state index in [1.54, 1.807) is 11.0 Å². The van der Waals surface area contributed by atoms with Crippen molar-refractivity contribution in [3.8, 4) is 0 Å². The number of aromatic nitrogens is 3. The Labute approximate surface area is 277 Å². The van der Waals surface area contributed by atoms with E-state index in [4.69, 9.17) is 16.4 Å². The minimum atomic E-state index is -0.930. The van der Waals surface area contributed by atoms with Gasteiger partial charge in [-0.25, -0.2) is 9.67 Å². The van der Waals surface area contributed by atoms with E-state index in [-0.39, 0.29) is 22.9 Å². The number of nitrogens with zero attached hydrogens (tertiary/aromatic N) is 4. The normalized spacial score (nSPS) is 22.2.